The van der Waals surface area contributed by atoms with Crippen LogP contribution < -0.4 is 5.32 Å². The number of rotatable bonds is 7. The fourth-order valence-electron chi connectivity index (χ4n) is 5.05. The van der Waals surface area contributed by atoms with Gasteiger partial charge in [0, 0.05) is 43.9 Å². The molecule has 5 rings (SSSR count). The Kier molecular flexibility index (Phi) is 7.11. The summed E-state index contributed by atoms with van der Waals surface area (Å²) in [5.41, 5.74) is -1.25. The first-order valence-corrected chi connectivity index (χ1v) is 13.8. The first kappa shape index (κ1) is 28.3. The number of nitrogens with zero attached hydrogens (tertiary/aromatic N) is 5. The number of hydrogen-bond acceptors (Lipinski definition) is 8. The first-order valence-electron chi connectivity index (χ1n) is 12.3. The van der Waals surface area contributed by atoms with Gasteiger partial charge in [-0.25, -0.2) is 17.7 Å². The molecule has 1 aliphatic carbocycles. The lowest BCUT2D eigenvalue weighted by Crippen LogP contribution is -2.52. The number of Topliss-reactive ketones (excluding diaryl/α,β-unsaturated/α-hetero) is 1. The highest BCUT2D eigenvalue weighted by atomic mass is 32.2. The topological polar surface area (TPSA) is 141 Å². The van der Waals surface area contributed by atoms with Gasteiger partial charge in [0.2, 0.25) is 0 Å². The summed E-state index contributed by atoms with van der Waals surface area (Å²) in [6, 6.07) is 6.95. The molecule has 1 aromatic carbocycles. The van der Waals surface area contributed by atoms with E-state index < -0.39 is 44.4 Å². The van der Waals surface area contributed by atoms with Crippen molar-refractivity contribution >= 4 is 27.6 Å². The second kappa shape index (κ2) is 10.3. The molecule has 3 N–H and O–H groups in total. The van der Waals surface area contributed by atoms with Crippen molar-refractivity contribution in [3.8, 4) is 0 Å². The van der Waals surface area contributed by atoms with Crippen molar-refractivity contribution in [3.05, 3.63) is 88.8 Å². The van der Waals surface area contributed by atoms with Crippen LogP contribution in [0.25, 0.3) is 0 Å². The predicted molar refractivity (Wildman–Crippen MR) is 141 cm³/mol. The molecule has 2 aliphatic rings. The van der Waals surface area contributed by atoms with Crippen molar-refractivity contribution in [2.45, 2.75) is 24.0 Å². The minimum absolute atomic E-state index is 0.0829. The molecule has 3 aromatic rings. The number of fused-ring (bicyclic) bond motifs is 1. The van der Waals surface area contributed by atoms with Gasteiger partial charge in [0.1, 0.15) is 11.5 Å². The van der Waals surface area contributed by atoms with Gasteiger partial charge in [-0.05, 0) is 60.9 Å². The number of ketones is 1. The Morgan fingerprint density at radius 1 is 1.22 bits per heavy atom. The van der Waals surface area contributed by atoms with Crippen LogP contribution in [0.2, 0.25) is 0 Å². The predicted octanol–water partition coefficient (Wildman–Crippen LogP) is 4.61. The van der Waals surface area contributed by atoms with Crippen LogP contribution in [0, 0.1) is 21.4 Å². The summed E-state index contributed by atoms with van der Waals surface area (Å²) in [5, 5.41) is 19.0. The standard InChI is InChI=1S/C26H24F4N8O2S/c1-37-34-14-23(36-37)41(32,40)38-9-7-17-10-21(35-20-4-2-19(27)3-5-20)16(13-31)12-25(17,15-38)24(39)22-11-18(6-8-33-22)26(28,29)30/h2-6,8,10-11,13-14,31-32,35H,7,9,12,15H2,1H3/t25-,41?/m0/s1. The lowest BCUT2D eigenvalue weighted by molar-refractivity contribution is -0.137. The van der Waals surface area contributed by atoms with Crippen molar-refractivity contribution in [1.82, 2.24) is 24.3 Å². The van der Waals surface area contributed by atoms with Crippen molar-refractivity contribution in [2.75, 3.05) is 18.4 Å². The van der Waals surface area contributed by atoms with Crippen LogP contribution in [0.4, 0.5) is 23.2 Å². The van der Waals surface area contributed by atoms with Crippen LogP contribution in [0.3, 0.4) is 0 Å². The summed E-state index contributed by atoms with van der Waals surface area (Å²) in [6.45, 7) is -0.213. The lowest BCUT2D eigenvalue weighted by atomic mass is 9.65. The molecule has 2 aromatic heterocycles. The van der Waals surface area contributed by atoms with Gasteiger partial charge in [-0.3, -0.25) is 9.78 Å². The van der Waals surface area contributed by atoms with E-state index in [1.807, 2.05) is 0 Å². The molecule has 0 bridgehead atoms. The third kappa shape index (κ3) is 5.29. The maximum absolute atomic E-state index is 14.2. The van der Waals surface area contributed by atoms with Crippen molar-refractivity contribution in [3.63, 3.8) is 0 Å². The SMILES string of the molecule is Cn1ncc(S(=N)(=O)N2CCC3=CC(Nc4ccc(F)cc4)=C(C=N)C[C@]3(C(=O)c3cc(C(F)(F)F)ccn3)C2)n1. The highest BCUT2D eigenvalue weighted by molar-refractivity contribution is 7.90. The maximum Gasteiger partial charge on any atom is 0.416 e. The molecule has 3 heterocycles. The van der Waals surface area contributed by atoms with E-state index in [-0.39, 0.29) is 31.0 Å². The molecular formula is C26H24F4N8O2S. The van der Waals surface area contributed by atoms with Crippen molar-refractivity contribution in [1.29, 1.82) is 10.2 Å². The quantitative estimate of drug-likeness (QED) is 0.209. The number of piperidine rings is 1. The molecule has 1 saturated heterocycles. The van der Waals surface area contributed by atoms with Crippen LogP contribution in [-0.2, 0) is 23.1 Å². The van der Waals surface area contributed by atoms with E-state index in [0.717, 1.165) is 23.3 Å². The van der Waals surface area contributed by atoms with Gasteiger partial charge in [-0.1, -0.05) is 5.57 Å². The summed E-state index contributed by atoms with van der Waals surface area (Å²) in [4.78, 5) is 19.3. The minimum Gasteiger partial charge on any atom is -0.355 e. The van der Waals surface area contributed by atoms with E-state index in [1.165, 1.54) is 41.8 Å². The molecular weight excluding hydrogens is 564 g/mol. The van der Waals surface area contributed by atoms with Crippen LogP contribution in [0.15, 0.2) is 76.7 Å². The number of aryl methyl sites for hydroxylation is 1. The van der Waals surface area contributed by atoms with Gasteiger partial charge in [-0.2, -0.15) is 23.1 Å². The highest BCUT2D eigenvalue weighted by Crippen LogP contribution is 2.48. The molecule has 1 unspecified atom stereocenters. The Labute approximate surface area is 232 Å². The van der Waals surface area contributed by atoms with E-state index >= 15 is 0 Å². The average Bonchev–Trinajstić information content (AvgIpc) is 3.40. The summed E-state index contributed by atoms with van der Waals surface area (Å²) < 4.78 is 77.6. The Morgan fingerprint density at radius 3 is 2.59 bits per heavy atom. The number of alkyl halides is 3. The molecule has 214 valence electrons. The highest BCUT2D eigenvalue weighted by Gasteiger charge is 2.51. The molecule has 0 saturated carbocycles. The largest absolute Gasteiger partial charge is 0.416 e. The number of hydrogen-bond donors (Lipinski definition) is 3. The number of carbonyl (C=O) groups excluding carboxylic acids is 1. The summed E-state index contributed by atoms with van der Waals surface area (Å²) >= 11 is 0. The monoisotopic (exact) mass is 588 g/mol. The normalized spacial score (nSPS) is 21.0. The smallest absolute Gasteiger partial charge is 0.355 e. The Hall–Kier alpha value is -4.24. The number of halogens is 4. The first-order chi connectivity index (χ1) is 19.3. The second-order valence-corrected chi connectivity index (χ2v) is 11.7. The van der Waals surface area contributed by atoms with Gasteiger partial charge in [0.05, 0.1) is 17.2 Å². The van der Waals surface area contributed by atoms with Gasteiger partial charge in [0.25, 0.3) is 0 Å². The molecule has 1 fully saturated rings. The van der Waals surface area contributed by atoms with E-state index in [4.69, 9.17) is 10.2 Å². The maximum atomic E-state index is 14.2. The van der Waals surface area contributed by atoms with E-state index in [9.17, 15) is 26.6 Å². The summed E-state index contributed by atoms with van der Waals surface area (Å²) in [6.07, 6.45) is 0.0418. The Balaban J connectivity index is 1.60. The van der Waals surface area contributed by atoms with Crippen LogP contribution in [0.1, 0.15) is 28.9 Å². The summed E-state index contributed by atoms with van der Waals surface area (Å²) in [5.74, 6) is -1.19. The summed E-state index contributed by atoms with van der Waals surface area (Å²) in [7, 11) is -2.23. The zero-order chi connectivity index (χ0) is 29.6. The zero-order valence-electron chi connectivity index (χ0n) is 21.6. The molecule has 0 spiro atoms. The fraction of sp³-hybridized carbons (Fsp3) is 0.269. The van der Waals surface area contributed by atoms with Crippen LogP contribution in [-0.4, -0.2) is 53.6 Å². The number of aromatic nitrogens is 4. The van der Waals surface area contributed by atoms with Gasteiger partial charge >= 0.3 is 6.18 Å². The fourth-order valence-corrected chi connectivity index (χ4v) is 6.48. The second-order valence-electron chi connectivity index (χ2n) is 9.71. The van der Waals surface area contributed by atoms with E-state index in [2.05, 4.69) is 20.5 Å². The average molecular weight is 589 g/mol. The van der Waals surface area contributed by atoms with E-state index in [0.29, 0.717) is 28.6 Å². The molecule has 0 amide bonds. The molecule has 1 aliphatic heterocycles. The third-order valence-corrected chi connectivity index (χ3v) is 8.92. The molecule has 15 heteroatoms. The number of carbonyl (C=O) groups is 1. The minimum atomic E-state index is -4.72. The van der Waals surface area contributed by atoms with E-state index in [1.54, 1.807) is 6.08 Å². The van der Waals surface area contributed by atoms with Crippen molar-refractivity contribution < 1.29 is 26.6 Å². The third-order valence-electron chi connectivity index (χ3n) is 7.13. The zero-order valence-corrected chi connectivity index (χ0v) is 22.4. The number of benzene rings is 1. The van der Waals surface area contributed by atoms with Crippen molar-refractivity contribution in [2.24, 2.45) is 12.5 Å². The number of anilines is 1. The van der Waals surface area contributed by atoms with Gasteiger partial charge in [0.15, 0.2) is 20.7 Å². The number of pyridine rings is 1. The Morgan fingerprint density at radius 2 is 1.95 bits per heavy atom. The molecule has 0 radical (unpaired) electrons. The molecule has 2 atom stereocenters. The Bertz CT molecular complexity index is 1700. The van der Waals surface area contributed by atoms with Crippen LogP contribution >= 0.6 is 0 Å². The lowest BCUT2D eigenvalue weighted by Gasteiger charge is -2.45. The number of allylic oxidation sites excluding steroid dienone is 2. The van der Waals surface area contributed by atoms with Gasteiger partial charge in [-0.15, -0.1) is 5.10 Å². The molecule has 10 nitrogen and oxygen atoms in total. The number of nitrogens with one attached hydrogen (secondary N) is 3. The van der Waals surface area contributed by atoms with Gasteiger partial charge < -0.3 is 10.7 Å². The molecule has 41 heavy (non-hydrogen) atoms. The van der Waals surface area contributed by atoms with Crippen LogP contribution in [0.5, 0.6) is 0 Å².